The van der Waals surface area contributed by atoms with Crippen molar-refractivity contribution in [3.63, 3.8) is 0 Å². The number of thiophene rings is 1. The van der Waals surface area contributed by atoms with Gasteiger partial charge in [0.15, 0.2) is 0 Å². The lowest BCUT2D eigenvalue weighted by molar-refractivity contribution is -0.387. The van der Waals surface area contributed by atoms with Crippen LogP contribution in [0.2, 0.25) is 0 Å². The quantitative estimate of drug-likeness (QED) is 0.509. The highest BCUT2D eigenvalue weighted by molar-refractivity contribution is 7.89. The van der Waals surface area contributed by atoms with Crippen molar-refractivity contribution < 1.29 is 17.7 Å². The van der Waals surface area contributed by atoms with E-state index in [9.17, 15) is 22.9 Å². The Morgan fingerprint density at radius 3 is 2.42 bits per heavy atom. The highest BCUT2D eigenvalue weighted by atomic mass is 32.2. The maximum absolute atomic E-state index is 13.5. The number of halogens is 1. The van der Waals surface area contributed by atoms with Crippen LogP contribution in [0.1, 0.15) is 16.5 Å². The summed E-state index contributed by atoms with van der Waals surface area (Å²) in [6.07, 6.45) is 0. The molecular weight excluding hydrogens is 379 g/mol. The molecule has 3 aromatic rings. The summed E-state index contributed by atoms with van der Waals surface area (Å²) in [5.74, 6) is -1.09. The average Bonchev–Trinajstić information content (AvgIpc) is 3.15. The summed E-state index contributed by atoms with van der Waals surface area (Å²) in [5.41, 5.74) is -0.171. The summed E-state index contributed by atoms with van der Waals surface area (Å²) in [7, 11) is -4.12. The van der Waals surface area contributed by atoms with Gasteiger partial charge in [-0.3, -0.25) is 10.1 Å². The Kier molecular flexibility index (Phi) is 5.12. The van der Waals surface area contributed by atoms with Crippen molar-refractivity contribution in [3.05, 3.63) is 92.4 Å². The van der Waals surface area contributed by atoms with Crippen molar-refractivity contribution in [2.75, 3.05) is 0 Å². The van der Waals surface area contributed by atoms with Gasteiger partial charge >= 0.3 is 5.69 Å². The molecule has 0 amide bonds. The molecule has 0 fully saturated rings. The SMILES string of the molecule is O=[N+]([O-])c1cc(S(=O)(=O)N[C@H](c2ccccc2)c2cccs2)ccc1F. The predicted octanol–water partition coefficient (Wildman–Crippen LogP) is 3.86. The predicted molar refractivity (Wildman–Crippen MR) is 96.0 cm³/mol. The number of benzene rings is 2. The van der Waals surface area contributed by atoms with Crippen LogP contribution in [-0.4, -0.2) is 13.3 Å². The fraction of sp³-hybridized carbons (Fsp3) is 0.0588. The zero-order chi connectivity index (χ0) is 18.7. The second kappa shape index (κ2) is 7.32. The van der Waals surface area contributed by atoms with Crippen LogP contribution < -0.4 is 4.72 Å². The molecule has 0 aliphatic heterocycles. The number of nitro benzene ring substituents is 1. The van der Waals surface area contributed by atoms with E-state index in [2.05, 4.69) is 4.72 Å². The van der Waals surface area contributed by atoms with Gasteiger partial charge in [-0.15, -0.1) is 11.3 Å². The lowest BCUT2D eigenvalue weighted by atomic mass is 10.1. The van der Waals surface area contributed by atoms with Gasteiger partial charge in [0.25, 0.3) is 0 Å². The minimum Gasteiger partial charge on any atom is -0.258 e. The Morgan fingerprint density at radius 2 is 1.81 bits per heavy atom. The third-order valence-corrected chi connectivity index (χ3v) is 6.02. The van der Waals surface area contributed by atoms with Gasteiger partial charge in [0.2, 0.25) is 15.8 Å². The number of hydrogen-bond donors (Lipinski definition) is 1. The van der Waals surface area contributed by atoms with Gasteiger partial charge < -0.3 is 0 Å². The van der Waals surface area contributed by atoms with Crippen molar-refractivity contribution in [1.29, 1.82) is 0 Å². The van der Waals surface area contributed by atoms with E-state index in [1.807, 2.05) is 11.4 Å². The smallest absolute Gasteiger partial charge is 0.258 e. The van der Waals surface area contributed by atoms with Crippen molar-refractivity contribution in [2.24, 2.45) is 0 Å². The number of nitro groups is 1. The van der Waals surface area contributed by atoms with E-state index in [0.717, 1.165) is 22.6 Å². The molecule has 0 aliphatic carbocycles. The number of hydrogen-bond acceptors (Lipinski definition) is 5. The molecule has 2 aromatic carbocycles. The highest BCUT2D eigenvalue weighted by Crippen LogP contribution is 2.29. The van der Waals surface area contributed by atoms with E-state index < -0.39 is 32.5 Å². The molecule has 0 bridgehead atoms. The minimum atomic E-state index is -4.12. The van der Waals surface area contributed by atoms with Crippen LogP contribution in [-0.2, 0) is 10.0 Å². The van der Waals surface area contributed by atoms with Crippen LogP contribution in [0.5, 0.6) is 0 Å². The number of nitrogens with one attached hydrogen (secondary N) is 1. The molecule has 0 saturated carbocycles. The average molecular weight is 392 g/mol. The van der Waals surface area contributed by atoms with Gasteiger partial charge in [0, 0.05) is 10.9 Å². The van der Waals surface area contributed by atoms with Gasteiger partial charge in [-0.2, -0.15) is 9.11 Å². The number of nitrogens with zero attached hydrogens (tertiary/aromatic N) is 1. The van der Waals surface area contributed by atoms with Crippen molar-refractivity contribution in [1.82, 2.24) is 4.72 Å². The van der Waals surface area contributed by atoms with Crippen molar-refractivity contribution in [2.45, 2.75) is 10.9 Å². The molecule has 134 valence electrons. The highest BCUT2D eigenvalue weighted by Gasteiger charge is 2.26. The normalized spacial score (nSPS) is 12.7. The molecule has 1 heterocycles. The molecule has 26 heavy (non-hydrogen) atoms. The molecule has 0 saturated heterocycles. The topological polar surface area (TPSA) is 89.3 Å². The molecular formula is C17H13FN2O4S2. The molecule has 9 heteroatoms. The van der Waals surface area contributed by atoms with Gasteiger partial charge in [0.05, 0.1) is 15.9 Å². The lowest BCUT2D eigenvalue weighted by Gasteiger charge is -2.18. The van der Waals surface area contributed by atoms with Gasteiger partial charge in [-0.05, 0) is 29.1 Å². The van der Waals surface area contributed by atoms with Crippen LogP contribution in [0, 0.1) is 15.9 Å². The van der Waals surface area contributed by atoms with Crippen LogP contribution in [0.25, 0.3) is 0 Å². The standard InChI is InChI=1S/C17H13FN2O4S2/c18-14-9-8-13(11-15(14)20(21)22)26(23,24)19-17(16-7-4-10-25-16)12-5-2-1-3-6-12/h1-11,17,19H/t17-/m1/s1. The number of rotatable bonds is 6. The summed E-state index contributed by atoms with van der Waals surface area (Å²) in [4.78, 5) is 10.3. The van der Waals surface area contributed by atoms with E-state index in [-0.39, 0.29) is 4.90 Å². The van der Waals surface area contributed by atoms with Gasteiger partial charge in [-0.25, -0.2) is 8.42 Å². The summed E-state index contributed by atoms with van der Waals surface area (Å²) in [6, 6.07) is 14.4. The molecule has 0 spiro atoms. The fourth-order valence-electron chi connectivity index (χ4n) is 2.41. The van der Waals surface area contributed by atoms with Crippen LogP contribution in [0.3, 0.4) is 0 Å². The Bertz CT molecular complexity index is 1020. The largest absolute Gasteiger partial charge is 0.306 e. The summed E-state index contributed by atoms with van der Waals surface area (Å²) >= 11 is 1.38. The van der Waals surface area contributed by atoms with E-state index in [0.29, 0.717) is 6.07 Å². The van der Waals surface area contributed by atoms with Gasteiger partial charge in [-0.1, -0.05) is 36.4 Å². The zero-order valence-corrected chi connectivity index (χ0v) is 14.8. The Balaban J connectivity index is 2.01. The molecule has 3 rings (SSSR count). The summed E-state index contributed by atoms with van der Waals surface area (Å²) in [5, 5.41) is 12.7. The Hall–Kier alpha value is -2.62. The molecule has 0 radical (unpaired) electrons. The molecule has 1 aromatic heterocycles. The second-order valence-corrected chi connectivity index (χ2v) is 8.04. The van der Waals surface area contributed by atoms with E-state index in [1.54, 1.807) is 36.4 Å². The minimum absolute atomic E-state index is 0.372. The molecule has 0 unspecified atom stereocenters. The first-order valence-corrected chi connectivity index (χ1v) is 9.79. The summed E-state index contributed by atoms with van der Waals surface area (Å²) < 4.78 is 41.5. The maximum Gasteiger partial charge on any atom is 0.306 e. The lowest BCUT2D eigenvalue weighted by Crippen LogP contribution is -2.29. The van der Waals surface area contributed by atoms with Gasteiger partial charge in [0.1, 0.15) is 0 Å². The van der Waals surface area contributed by atoms with Crippen LogP contribution in [0.4, 0.5) is 10.1 Å². The van der Waals surface area contributed by atoms with E-state index in [4.69, 9.17) is 0 Å². The summed E-state index contributed by atoms with van der Waals surface area (Å²) in [6.45, 7) is 0. The Morgan fingerprint density at radius 1 is 1.08 bits per heavy atom. The first-order chi connectivity index (χ1) is 12.4. The molecule has 0 aliphatic rings. The monoisotopic (exact) mass is 392 g/mol. The van der Waals surface area contributed by atoms with Crippen LogP contribution >= 0.6 is 11.3 Å². The zero-order valence-electron chi connectivity index (χ0n) is 13.2. The molecule has 1 atom stereocenters. The van der Waals surface area contributed by atoms with Crippen molar-refractivity contribution >= 4 is 27.0 Å². The second-order valence-electron chi connectivity index (χ2n) is 5.35. The van der Waals surface area contributed by atoms with E-state index in [1.165, 1.54) is 11.3 Å². The third kappa shape index (κ3) is 3.79. The van der Waals surface area contributed by atoms with Crippen LogP contribution in [0.15, 0.2) is 70.9 Å². The maximum atomic E-state index is 13.5. The molecule has 6 nitrogen and oxygen atoms in total. The number of sulfonamides is 1. The Labute approximate surface area is 153 Å². The van der Waals surface area contributed by atoms with E-state index >= 15 is 0 Å². The van der Waals surface area contributed by atoms with Crippen molar-refractivity contribution in [3.8, 4) is 0 Å². The first-order valence-electron chi connectivity index (χ1n) is 7.43. The first kappa shape index (κ1) is 18.2. The fourth-order valence-corrected chi connectivity index (χ4v) is 4.51. The third-order valence-electron chi connectivity index (χ3n) is 3.66. The molecule has 1 N–H and O–H groups in total.